The second-order valence-corrected chi connectivity index (χ2v) is 9.81. The van der Waals surface area contributed by atoms with E-state index >= 15 is 0 Å². The zero-order chi connectivity index (χ0) is 27.4. The number of rotatable bonds is 7. The minimum absolute atomic E-state index is 0.0497. The molecule has 1 amide bonds. The van der Waals surface area contributed by atoms with Crippen molar-refractivity contribution < 1.29 is 9.72 Å². The molecule has 2 heterocycles. The van der Waals surface area contributed by atoms with E-state index in [9.17, 15) is 14.9 Å². The molecule has 1 saturated heterocycles. The summed E-state index contributed by atoms with van der Waals surface area (Å²) in [5, 5.41) is 16.2. The number of amides is 1. The molecule has 0 N–H and O–H groups in total. The molecule has 0 unspecified atom stereocenters. The largest absolute Gasteiger partial charge is 0.335 e. The molecule has 0 bridgehead atoms. The molecular weight excluding hydrogens is 490 g/mol. The zero-order valence-corrected chi connectivity index (χ0v) is 22.2. The van der Waals surface area contributed by atoms with Crippen molar-refractivity contribution in [2.45, 2.75) is 13.8 Å². The molecule has 1 fully saturated rings. The number of hydrogen-bond donors (Lipinski definition) is 0. The normalized spacial score (nSPS) is 14.2. The van der Waals surface area contributed by atoms with Gasteiger partial charge in [0.1, 0.15) is 5.69 Å². The fourth-order valence-electron chi connectivity index (χ4n) is 4.71. The van der Waals surface area contributed by atoms with E-state index in [-0.39, 0.29) is 11.6 Å². The van der Waals surface area contributed by atoms with E-state index < -0.39 is 4.92 Å². The summed E-state index contributed by atoms with van der Waals surface area (Å²) in [5.74, 6) is -0.136. The number of non-ortho nitro benzene ring substituents is 1. The summed E-state index contributed by atoms with van der Waals surface area (Å²) in [5.41, 5.74) is 5.83. The Balaban J connectivity index is 1.37. The molecule has 0 atom stereocenters. The minimum atomic E-state index is -0.440. The molecule has 1 aliphatic heterocycles. The third kappa shape index (κ3) is 5.97. The quantitative estimate of drug-likeness (QED) is 0.236. The molecule has 198 valence electrons. The first-order chi connectivity index (χ1) is 18.9. The standard InChI is InChI=1S/C31H31N5O3/c1-23-13-14-26(20-24(23)2)29-22-30(35(32-29)27-11-6-12-28(21-27)36(38)39)31(37)34-18-16-33(17-19-34)15-7-10-25-8-4-3-5-9-25/h3-14,20-22H,15-19H2,1-2H3. The van der Waals surface area contributed by atoms with Crippen LogP contribution in [0.25, 0.3) is 23.0 Å². The maximum atomic E-state index is 13.8. The number of aromatic nitrogens is 2. The van der Waals surface area contributed by atoms with Crippen molar-refractivity contribution in [3.63, 3.8) is 0 Å². The van der Waals surface area contributed by atoms with Crippen molar-refractivity contribution in [3.8, 4) is 16.9 Å². The predicted molar refractivity (Wildman–Crippen MR) is 153 cm³/mol. The highest BCUT2D eigenvalue weighted by molar-refractivity contribution is 5.94. The summed E-state index contributed by atoms with van der Waals surface area (Å²) in [6, 6.07) is 24.3. The van der Waals surface area contributed by atoms with E-state index in [4.69, 9.17) is 5.10 Å². The van der Waals surface area contributed by atoms with Crippen molar-refractivity contribution in [1.82, 2.24) is 19.6 Å². The van der Waals surface area contributed by atoms with E-state index in [0.29, 0.717) is 30.2 Å². The van der Waals surface area contributed by atoms with Gasteiger partial charge in [0.15, 0.2) is 0 Å². The van der Waals surface area contributed by atoms with Crippen molar-refractivity contribution in [2.75, 3.05) is 32.7 Å². The SMILES string of the molecule is Cc1ccc(-c2cc(C(=O)N3CCN(CC=Cc4ccccc4)CC3)n(-c3cccc([N+](=O)[O-])c3)n2)cc1C. The van der Waals surface area contributed by atoms with Gasteiger partial charge < -0.3 is 4.90 Å². The second-order valence-electron chi connectivity index (χ2n) is 9.81. The van der Waals surface area contributed by atoms with Gasteiger partial charge in [-0.1, -0.05) is 60.7 Å². The number of nitrogens with zero attached hydrogens (tertiary/aromatic N) is 5. The molecule has 1 aromatic heterocycles. The third-order valence-electron chi connectivity index (χ3n) is 7.15. The van der Waals surface area contributed by atoms with Gasteiger partial charge in [0.2, 0.25) is 0 Å². The van der Waals surface area contributed by atoms with Gasteiger partial charge in [-0.15, -0.1) is 0 Å². The molecule has 0 spiro atoms. The van der Waals surface area contributed by atoms with Crippen LogP contribution < -0.4 is 0 Å². The van der Waals surface area contributed by atoms with Crippen LogP contribution in [0.4, 0.5) is 5.69 Å². The summed E-state index contributed by atoms with van der Waals surface area (Å²) in [4.78, 5) is 28.9. The number of aryl methyl sites for hydroxylation is 2. The van der Waals surface area contributed by atoms with E-state index in [1.807, 2.05) is 55.1 Å². The molecular formula is C31H31N5O3. The van der Waals surface area contributed by atoms with Gasteiger partial charge in [0, 0.05) is 50.4 Å². The lowest BCUT2D eigenvalue weighted by molar-refractivity contribution is -0.384. The van der Waals surface area contributed by atoms with Crippen LogP contribution in [0.1, 0.15) is 27.2 Å². The first-order valence-electron chi connectivity index (χ1n) is 13.0. The maximum Gasteiger partial charge on any atom is 0.272 e. The highest BCUT2D eigenvalue weighted by atomic mass is 16.6. The van der Waals surface area contributed by atoms with Gasteiger partial charge in [0.25, 0.3) is 11.6 Å². The lowest BCUT2D eigenvalue weighted by Gasteiger charge is -2.34. The van der Waals surface area contributed by atoms with E-state index in [1.165, 1.54) is 27.9 Å². The first-order valence-corrected chi connectivity index (χ1v) is 13.0. The summed E-state index contributed by atoms with van der Waals surface area (Å²) >= 11 is 0. The number of nitro groups is 1. The summed E-state index contributed by atoms with van der Waals surface area (Å²) in [6.45, 7) is 7.62. The molecule has 0 radical (unpaired) electrons. The van der Waals surface area contributed by atoms with Gasteiger partial charge in [0.05, 0.1) is 16.3 Å². The van der Waals surface area contributed by atoms with Crippen LogP contribution in [0.5, 0.6) is 0 Å². The van der Waals surface area contributed by atoms with Gasteiger partial charge in [-0.2, -0.15) is 5.10 Å². The predicted octanol–water partition coefficient (Wildman–Crippen LogP) is 5.54. The molecule has 39 heavy (non-hydrogen) atoms. The molecule has 3 aromatic carbocycles. The van der Waals surface area contributed by atoms with Gasteiger partial charge in [-0.05, 0) is 48.7 Å². The average molecular weight is 522 g/mol. The van der Waals surface area contributed by atoms with Crippen LogP contribution in [-0.4, -0.2) is 63.1 Å². The van der Waals surface area contributed by atoms with Crippen molar-refractivity contribution in [2.24, 2.45) is 0 Å². The van der Waals surface area contributed by atoms with Crippen LogP contribution in [-0.2, 0) is 0 Å². The van der Waals surface area contributed by atoms with E-state index in [2.05, 4.69) is 29.2 Å². The van der Waals surface area contributed by atoms with Crippen LogP contribution in [0, 0.1) is 24.0 Å². The average Bonchev–Trinajstić information content (AvgIpc) is 3.41. The number of benzene rings is 3. The van der Waals surface area contributed by atoms with Crippen molar-refractivity contribution in [1.29, 1.82) is 0 Å². The highest BCUT2D eigenvalue weighted by Crippen LogP contribution is 2.26. The van der Waals surface area contributed by atoms with Gasteiger partial charge in [-0.25, -0.2) is 4.68 Å². The molecule has 8 nitrogen and oxygen atoms in total. The number of nitro benzene ring substituents is 1. The smallest absolute Gasteiger partial charge is 0.272 e. The lowest BCUT2D eigenvalue weighted by atomic mass is 10.0. The molecule has 0 aliphatic carbocycles. The monoisotopic (exact) mass is 521 g/mol. The Morgan fingerprint density at radius 1 is 0.923 bits per heavy atom. The fourth-order valence-corrected chi connectivity index (χ4v) is 4.71. The number of carbonyl (C=O) groups is 1. The zero-order valence-electron chi connectivity index (χ0n) is 22.2. The van der Waals surface area contributed by atoms with Crippen LogP contribution in [0.3, 0.4) is 0 Å². The summed E-state index contributed by atoms with van der Waals surface area (Å²) in [6.07, 6.45) is 4.27. The number of hydrogen-bond acceptors (Lipinski definition) is 5. The third-order valence-corrected chi connectivity index (χ3v) is 7.15. The highest BCUT2D eigenvalue weighted by Gasteiger charge is 2.26. The minimum Gasteiger partial charge on any atom is -0.335 e. The van der Waals surface area contributed by atoms with E-state index in [0.717, 1.165) is 30.8 Å². The molecule has 4 aromatic rings. The molecule has 8 heteroatoms. The van der Waals surface area contributed by atoms with Crippen LogP contribution in [0.2, 0.25) is 0 Å². The lowest BCUT2D eigenvalue weighted by Crippen LogP contribution is -2.49. The van der Waals surface area contributed by atoms with Gasteiger partial charge >= 0.3 is 0 Å². The molecule has 0 saturated carbocycles. The summed E-state index contributed by atoms with van der Waals surface area (Å²) in [7, 11) is 0. The van der Waals surface area contributed by atoms with Crippen molar-refractivity contribution >= 4 is 17.7 Å². The Morgan fingerprint density at radius 3 is 2.41 bits per heavy atom. The number of carbonyl (C=O) groups excluding carboxylic acids is 1. The van der Waals surface area contributed by atoms with E-state index in [1.54, 1.807) is 18.2 Å². The van der Waals surface area contributed by atoms with Crippen LogP contribution >= 0.6 is 0 Å². The topological polar surface area (TPSA) is 84.5 Å². The maximum absolute atomic E-state index is 13.8. The summed E-state index contributed by atoms with van der Waals surface area (Å²) < 4.78 is 1.54. The Kier molecular flexibility index (Phi) is 7.65. The Hall–Kier alpha value is -4.56. The van der Waals surface area contributed by atoms with Crippen LogP contribution in [0.15, 0.2) is 84.9 Å². The molecule has 1 aliphatic rings. The Bertz CT molecular complexity index is 1520. The van der Waals surface area contributed by atoms with Crippen molar-refractivity contribution in [3.05, 3.63) is 117 Å². The van der Waals surface area contributed by atoms with Gasteiger partial charge in [-0.3, -0.25) is 19.8 Å². The first kappa shape index (κ1) is 26.1. The Morgan fingerprint density at radius 2 is 1.69 bits per heavy atom. The second kappa shape index (κ2) is 11.4. The Labute approximate surface area is 227 Å². The number of piperazine rings is 1. The fraction of sp³-hybridized carbons (Fsp3) is 0.226. The molecule has 5 rings (SSSR count).